The predicted octanol–water partition coefficient (Wildman–Crippen LogP) is 2.17. The van der Waals surface area contributed by atoms with E-state index in [1.807, 2.05) is 0 Å². The maximum absolute atomic E-state index is 4.72. The van der Waals surface area contributed by atoms with E-state index in [1.165, 1.54) is 17.2 Å². The fourth-order valence-electron chi connectivity index (χ4n) is 2.39. The number of nitrogens with one attached hydrogen (secondary N) is 1. The Balaban J connectivity index is 1.85. The molecule has 0 aliphatic carbocycles. The van der Waals surface area contributed by atoms with Crippen molar-refractivity contribution in [1.29, 1.82) is 0 Å². The van der Waals surface area contributed by atoms with Crippen LogP contribution in [-0.2, 0) is 6.54 Å². The second kappa shape index (κ2) is 7.22. The number of aromatic nitrogens is 1. The van der Waals surface area contributed by atoms with E-state index in [9.17, 15) is 0 Å². The Bertz CT molecular complexity index is 371. The highest BCUT2D eigenvalue weighted by Gasteiger charge is 2.21. The summed E-state index contributed by atoms with van der Waals surface area (Å²) in [7, 11) is 0. The third-order valence-electron chi connectivity index (χ3n) is 3.89. The highest BCUT2D eigenvalue weighted by Crippen LogP contribution is 2.22. The Kier molecular flexibility index (Phi) is 5.60. The smallest absolute Gasteiger partial charge is 0.185 e. The maximum Gasteiger partial charge on any atom is 0.185 e. The van der Waals surface area contributed by atoms with Gasteiger partial charge in [-0.05, 0) is 19.9 Å². The van der Waals surface area contributed by atoms with Crippen molar-refractivity contribution in [3.8, 4) is 0 Å². The summed E-state index contributed by atoms with van der Waals surface area (Å²) in [5.74, 6) is 0. The van der Waals surface area contributed by atoms with Gasteiger partial charge < -0.3 is 10.2 Å². The van der Waals surface area contributed by atoms with Crippen LogP contribution in [0.25, 0.3) is 0 Å². The molecule has 2 rings (SSSR count). The van der Waals surface area contributed by atoms with E-state index >= 15 is 0 Å². The first kappa shape index (κ1) is 14.8. The van der Waals surface area contributed by atoms with E-state index in [2.05, 4.69) is 41.3 Å². The molecule has 0 aromatic carbocycles. The number of hydrogen-bond acceptors (Lipinski definition) is 5. The molecule has 0 saturated carbocycles. The van der Waals surface area contributed by atoms with Crippen molar-refractivity contribution in [3.63, 3.8) is 0 Å². The van der Waals surface area contributed by atoms with Crippen molar-refractivity contribution < 1.29 is 0 Å². The molecule has 0 bridgehead atoms. The van der Waals surface area contributed by atoms with Crippen molar-refractivity contribution >= 4 is 16.5 Å². The molecule has 1 saturated heterocycles. The molecule has 5 heteroatoms. The van der Waals surface area contributed by atoms with Gasteiger partial charge in [0.05, 0.1) is 5.69 Å². The van der Waals surface area contributed by atoms with Crippen LogP contribution < -0.4 is 10.2 Å². The summed E-state index contributed by atoms with van der Waals surface area (Å²) in [6, 6.07) is 0.711. The molecule has 1 aliphatic heterocycles. The number of anilines is 1. The van der Waals surface area contributed by atoms with Gasteiger partial charge in [0.25, 0.3) is 0 Å². The molecule has 1 aromatic rings. The SMILES string of the molecule is CCNCc1csc(N2CCN(C(C)CC)CC2)n1. The van der Waals surface area contributed by atoms with Gasteiger partial charge in [0.1, 0.15) is 0 Å². The average Bonchev–Trinajstić information content (AvgIpc) is 2.93. The molecule has 108 valence electrons. The molecule has 0 amide bonds. The lowest BCUT2D eigenvalue weighted by Gasteiger charge is -2.37. The van der Waals surface area contributed by atoms with Crippen LogP contribution in [0.3, 0.4) is 0 Å². The van der Waals surface area contributed by atoms with E-state index in [4.69, 9.17) is 4.98 Å². The summed E-state index contributed by atoms with van der Waals surface area (Å²) in [5, 5.41) is 6.70. The number of rotatable bonds is 6. The third kappa shape index (κ3) is 3.91. The molecule has 0 radical (unpaired) electrons. The predicted molar refractivity (Wildman–Crippen MR) is 83.0 cm³/mol. The summed E-state index contributed by atoms with van der Waals surface area (Å²) in [5.41, 5.74) is 1.17. The Morgan fingerprint density at radius 1 is 1.32 bits per heavy atom. The molecule has 4 nitrogen and oxygen atoms in total. The summed E-state index contributed by atoms with van der Waals surface area (Å²) in [6.45, 7) is 13.2. The van der Waals surface area contributed by atoms with Crippen molar-refractivity contribution in [1.82, 2.24) is 15.2 Å². The normalized spacial score (nSPS) is 18.8. The zero-order valence-electron chi connectivity index (χ0n) is 12.4. The lowest BCUT2D eigenvalue weighted by Crippen LogP contribution is -2.49. The molecule has 0 spiro atoms. The average molecular weight is 282 g/mol. The van der Waals surface area contributed by atoms with Crippen molar-refractivity contribution in [2.75, 3.05) is 37.6 Å². The van der Waals surface area contributed by atoms with Crippen LogP contribution in [0.15, 0.2) is 5.38 Å². The number of nitrogens with zero attached hydrogens (tertiary/aromatic N) is 3. The minimum atomic E-state index is 0.711. The quantitative estimate of drug-likeness (QED) is 0.866. The zero-order chi connectivity index (χ0) is 13.7. The Morgan fingerprint density at radius 3 is 2.68 bits per heavy atom. The fourth-order valence-corrected chi connectivity index (χ4v) is 3.27. The van der Waals surface area contributed by atoms with E-state index in [1.54, 1.807) is 11.3 Å². The van der Waals surface area contributed by atoms with E-state index in [0.717, 1.165) is 39.3 Å². The molecule has 1 fully saturated rings. The molecular weight excluding hydrogens is 256 g/mol. The number of piperazine rings is 1. The molecule has 1 atom stereocenters. The lowest BCUT2D eigenvalue weighted by molar-refractivity contribution is 0.193. The number of hydrogen-bond donors (Lipinski definition) is 1. The van der Waals surface area contributed by atoms with Gasteiger partial charge >= 0.3 is 0 Å². The number of thiazole rings is 1. The van der Waals surface area contributed by atoms with Crippen LogP contribution in [-0.4, -0.2) is 48.6 Å². The highest BCUT2D eigenvalue weighted by atomic mass is 32.1. The van der Waals surface area contributed by atoms with Gasteiger partial charge in [-0.25, -0.2) is 4.98 Å². The Labute approximate surface area is 120 Å². The van der Waals surface area contributed by atoms with Crippen molar-refractivity contribution in [3.05, 3.63) is 11.1 Å². The van der Waals surface area contributed by atoms with Crippen LogP contribution in [0, 0.1) is 0 Å². The summed E-state index contributed by atoms with van der Waals surface area (Å²) in [6.07, 6.45) is 1.24. The minimum Gasteiger partial charge on any atom is -0.346 e. The molecule has 1 N–H and O–H groups in total. The van der Waals surface area contributed by atoms with Gasteiger partial charge in [0.15, 0.2) is 5.13 Å². The summed E-state index contributed by atoms with van der Waals surface area (Å²) < 4.78 is 0. The summed E-state index contributed by atoms with van der Waals surface area (Å²) in [4.78, 5) is 9.74. The largest absolute Gasteiger partial charge is 0.346 e. The Morgan fingerprint density at radius 2 is 2.05 bits per heavy atom. The second-order valence-electron chi connectivity index (χ2n) is 5.18. The molecule has 1 unspecified atom stereocenters. The van der Waals surface area contributed by atoms with Crippen LogP contribution >= 0.6 is 11.3 Å². The lowest BCUT2D eigenvalue weighted by atomic mass is 10.2. The molecular formula is C14H26N4S. The first-order chi connectivity index (χ1) is 9.24. The Hall–Kier alpha value is -0.650. The molecule has 1 aromatic heterocycles. The molecule has 2 heterocycles. The molecule has 19 heavy (non-hydrogen) atoms. The minimum absolute atomic E-state index is 0.711. The monoisotopic (exact) mass is 282 g/mol. The van der Waals surface area contributed by atoms with E-state index in [0.29, 0.717) is 6.04 Å². The van der Waals surface area contributed by atoms with Crippen molar-refractivity contribution in [2.45, 2.75) is 39.8 Å². The van der Waals surface area contributed by atoms with Gasteiger partial charge in [-0.15, -0.1) is 11.3 Å². The first-order valence-corrected chi connectivity index (χ1v) is 8.26. The van der Waals surface area contributed by atoms with E-state index < -0.39 is 0 Å². The topological polar surface area (TPSA) is 31.4 Å². The van der Waals surface area contributed by atoms with Crippen LogP contribution in [0.5, 0.6) is 0 Å². The zero-order valence-corrected chi connectivity index (χ0v) is 13.2. The van der Waals surface area contributed by atoms with E-state index in [-0.39, 0.29) is 0 Å². The van der Waals surface area contributed by atoms with Gasteiger partial charge in [-0.3, -0.25) is 4.90 Å². The second-order valence-corrected chi connectivity index (χ2v) is 6.02. The fraction of sp³-hybridized carbons (Fsp3) is 0.786. The standard InChI is InChI=1S/C14H26N4S/c1-4-12(3)17-6-8-18(9-7-17)14-16-13(11-19-14)10-15-5-2/h11-12,15H,4-10H2,1-3H3. The van der Waals surface area contributed by atoms with Crippen LogP contribution in [0.4, 0.5) is 5.13 Å². The van der Waals surface area contributed by atoms with Crippen LogP contribution in [0.2, 0.25) is 0 Å². The van der Waals surface area contributed by atoms with Gasteiger partial charge in [-0.1, -0.05) is 13.8 Å². The first-order valence-electron chi connectivity index (χ1n) is 7.38. The summed E-state index contributed by atoms with van der Waals surface area (Å²) >= 11 is 1.78. The van der Waals surface area contributed by atoms with Crippen molar-refractivity contribution in [2.24, 2.45) is 0 Å². The van der Waals surface area contributed by atoms with Gasteiger partial charge in [-0.2, -0.15) is 0 Å². The third-order valence-corrected chi connectivity index (χ3v) is 4.84. The van der Waals surface area contributed by atoms with Gasteiger partial charge in [0, 0.05) is 44.1 Å². The molecule has 1 aliphatic rings. The highest BCUT2D eigenvalue weighted by molar-refractivity contribution is 7.13. The maximum atomic E-state index is 4.72. The van der Waals surface area contributed by atoms with Crippen LogP contribution in [0.1, 0.15) is 32.9 Å². The van der Waals surface area contributed by atoms with Gasteiger partial charge in [0.2, 0.25) is 0 Å².